The molecular weight excluding hydrogens is 248 g/mol. The number of nitrogens with zero attached hydrogens (tertiary/aromatic N) is 1. The Kier molecular flexibility index (Phi) is 4.34. The van der Waals surface area contributed by atoms with Crippen LogP contribution < -0.4 is 5.32 Å². The lowest BCUT2D eigenvalue weighted by Gasteiger charge is -2.40. The average Bonchev–Trinajstić information content (AvgIpc) is 3.28. The number of rotatable bonds is 3. The molecular formula is C17H30N2O. The van der Waals surface area contributed by atoms with Crippen molar-refractivity contribution in [1.29, 1.82) is 0 Å². The average molecular weight is 278 g/mol. The van der Waals surface area contributed by atoms with E-state index in [4.69, 9.17) is 0 Å². The van der Waals surface area contributed by atoms with Crippen LogP contribution in [0.5, 0.6) is 0 Å². The molecule has 3 nitrogen and oxygen atoms in total. The van der Waals surface area contributed by atoms with Crippen LogP contribution in [0.25, 0.3) is 0 Å². The maximum absolute atomic E-state index is 12.1. The van der Waals surface area contributed by atoms with Gasteiger partial charge in [0.05, 0.1) is 0 Å². The lowest BCUT2D eigenvalue weighted by molar-refractivity contribution is -0.133. The van der Waals surface area contributed by atoms with Crippen molar-refractivity contribution < 1.29 is 4.79 Å². The number of likely N-dealkylation sites (tertiary alicyclic amines) is 1. The van der Waals surface area contributed by atoms with E-state index in [1.165, 1.54) is 19.3 Å². The molecule has 3 heteroatoms. The number of hydrogen-bond donors (Lipinski definition) is 1. The molecule has 3 fully saturated rings. The molecule has 0 aromatic heterocycles. The molecule has 1 saturated heterocycles. The number of carbonyl (C=O) groups is 1. The van der Waals surface area contributed by atoms with Crippen molar-refractivity contribution in [3.05, 3.63) is 0 Å². The van der Waals surface area contributed by atoms with E-state index >= 15 is 0 Å². The van der Waals surface area contributed by atoms with Crippen molar-refractivity contribution in [2.45, 2.75) is 70.9 Å². The molecule has 2 unspecified atom stereocenters. The molecule has 114 valence electrons. The topological polar surface area (TPSA) is 32.3 Å². The smallest absolute Gasteiger partial charge is 0.225 e. The number of carbonyl (C=O) groups excluding carboxylic acids is 1. The van der Waals surface area contributed by atoms with Gasteiger partial charge in [0.25, 0.3) is 0 Å². The highest BCUT2D eigenvalue weighted by atomic mass is 16.2. The first-order valence-corrected chi connectivity index (χ1v) is 8.70. The molecule has 3 rings (SSSR count). The summed E-state index contributed by atoms with van der Waals surface area (Å²) in [6, 6.07) is 1.32. The van der Waals surface area contributed by atoms with Crippen molar-refractivity contribution in [2.75, 3.05) is 13.1 Å². The summed E-state index contributed by atoms with van der Waals surface area (Å²) in [4.78, 5) is 14.2. The third kappa shape index (κ3) is 3.19. The number of nitrogens with one attached hydrogen (secondary N) is 1. The zero-order chi connectivity index (χ0) is 14.1. The van der Waals surface area contributed by atoms with Crippen molar-refractivity contribution in [1.82, 2.24) is 10.2 Å². The first kappa shape index (κ1) is 14.4. The SMILES string of the molecule is CC1CCCC(C)C1NC1CCN(C(=O)C2CC2)CC1. The van der Waals surface area contributed by atoms with Crippen LogP contribution in [-0.2, 0) is 4.79 Å². The van der Waals surface area contributed by atoms with Crippen molar-refractivity contribution >= 4 is 5.91 Å². The normalized spacial score (nSPS) is 36.1. The maximum Gasteiger partial charge on any atom is 0.225 e. The molecule has 0 aromatic rings. The minimum Gasteiger partial charge on any atom is -0.342 e. The van der Waals surface area contributed by atoms with Crippen molar-refractivity contribution in [3.8, 4) is 0 Å². The Bertz CT molecular complexity index is 335. The summed E-state index contributed by atoms with van der Waals surface area (Å²) in [7, 11) is 0. The van der Waals surface area contributed by atoms with Crippen LogP contribution in [-0.4, -0.2) is 36.0 Å². The van der Waals surface area contributed by atoms with E-state index in [0.29, 0.717) is 23.9 Å². The fourth-order valence-corrected chi connectivity index (χ4v) is 4.14. The van der Waals surface area contributed by atoms with Crippen LogP contribution in [0.4, 0.5) is 0 Å². The second kappa shape index (κ2) is 6.05. The molecule has 1 N–H and O–H groups in total. The molecule has 1 aliphatic heterocycles. The first-order valence-electron chi connectivity index (χ1n) is 8.70. The van der Waals surface area contributed by atoms with Crippen LogP contribution in [0.15, 0.2) is 0 Å². The summed E-state index contributed by atoms with van der Waals surface area (Å²) >= 11 is 0. The second-order valence-corrected chi connectivity index (χ2v) is 7.45. The van der Waals surface area contributed by atoms with E-state index < -0.39 is 0 Å². The number of amides is 1. The molecule has 0 bridgehead atoms. The van der Waals surface area contributed by atoms with Crippen LogP contribution in [0.3, 0.4) is 0 Å². The minimum absolute atomic E-state index is 0.387. The maximum atomic E-state index is 12.1. The highest BCUT2D eigenvalue weighted by Crippen LogP contribution is 2.33. The van der Waals surface area contributed by atoms with Crippen LogP contribution in [0.1, 0.15) is 58.8 Å². The monoisotopic (exact) mass is 278 g/mol. The predicted octanol–water partition coefficient (Wildman–Crippen LogP) is 2.80. The molecule has 1 heterocycles. The fourth-order valence-electron chi connectivity index (χ4n) is 4.14. The number of hydrogen-bond acceptors (Lipinski definition) is 2. The predicted molar refractivity (Wildman–Crippen MR) is 81.4 cm³/mol. The highest BCUT2D eigenvalue weighted by molar-refractivity contribution is 5.81. The Balaban J connectivity index is 1.46. The third-order valence-corrected chi connectivity index (χ3v) is 5.71. The largest absolute Gasteiger partial charge is 0.342 e. The summed E-state index contributed by atoms with van der Waals surface area (Å²) in [6.45, 7) is 6.75. The van der Waals surface area contributed by atoms with Crippen molar-refractivity contribution in [2.24, 2.45) is 17.8 Å². The van der Waals surface area contributed by atoms with Crippen LogP contribution in [0.2, 0.25) is 0 Å². The summed E-state index contributed by atoms with van der Waals surface area (Å²) in [5, 5.41) is 3.92. The fraction of sp³-hybridized carbons (Fsp3) is 0.941. The Morgan fingerprint density at radius 1 is 0.950 bits per heavy atom. The molecule has 0 aromatic carbocycles. The molecule has 2 atom stereocenters. The molecule has 3 aliphatic rings. The number of piperidine rings is 1. The zero-order valence-corrected chi connectivity index (χ0v) is 13.1. The van der Waals surface area contributed by atoms with Gasteiger partial charge in [0.2, 0.25) is 5.91 Å². The van der Waals surface area contributed by atoms with Gasteiger partial charge in [0.1, 0.15) is 0 Å². The second-order valence-electron chi connectivity index (χ2n) is 7.45. The van der Waals surface area contributed by atoms with Crippen molar-refractivity contribution in [3.63, 3.8) is 0 Å². The van der Waals surface area contributed by atoms with Crippen LogP contribution >= 0.6 is 0 Å². The van der Waals surface area contributed by atoms with Gasteiger partial charge in [-0.1, -0.05) is 20.3 Å². The van der Waals surface area contributed by atoms with E-state index in [0.717, 1.165) is 50.6 Å². The van der Waals surface area contributed by atoms with E-state index in [2.05, 4.69) is 24.1 Å². The highest BCUT2D eigenvalue weighted by Gasteiger charge is 2.36. The third-order valence-electron chi connectivity index (χ3n) is 5.71. The van der Waals surface area contributed by atoms with Gasteiger partial charge in [-0.2, -0.15) is 0 Å². The molecule has 2 saturated carbocycles. The summed E-state index contributed by atoms with van der Waals surface area (Å²) in [6.07, 6.45) is 8.71. The Morgan fingerprint density at radius 2 is 1.55 bits per heavy atom. The van der Waals surface area contributed by atoms with E-state index in [-0.39, 0.29) is 0 Å². The summed E-state index contributed by atoms with van der Waals surface area (Å²) < 4.78 is 0. The minimum atomic E-state index is 0.387. The van der Waals surface area contributed by atoms with Crippen LogP contribution in [0, 0.1) is 17.8 Å². The van der Waals surface area contributed by atoms with Gasteiger partial charge < -0.3 is 10.2 Å². The standard InChI is InChI=1S/C17H30N2O/c1-12-4-3-5-13(2)16(12)18-15-8-10-19(11-9-15)17(20)14-6-7-14/h12-16,18H,3-11H2,1-2H3. The molecule has 1 amide bonds. The first-order chi connectivity index (χ1) is 9.65. The quantitative estimate of drug-likeness (QED) is 0.861. The Morgan fingerprint density at radius 3 is 2.10 bits per heavy atom. The van der Waals surface area contributed by atoms with Gasteiger partial charge in [-0.05, 0) is 50.4 Å². The summed E-state index contributed by atoms with van der Waals surface area (Å²) in [5.41, 5.74) is 0. The van der Waals surface area contributed by atoms with Gasteiger partial charge >= 0.3 is 0 Å². The molecule has 20 heavy (non-hydrogen) atoms. The lowest BCUT2D eigenvalue weighted by Crippen LogP contribution is -2.52. The molecule has 0 radical (unpaired) electrons. The van der Waals surface area contributed by atoms with Gasteiger partial charge in [-0.3, -0.25) is 4.79 Å². The molecule has 2 aliphatic carbocycles. The van der Waals surface area contributed by atoms with Gasteiger partial charge in [0.15, 0.2) is 0 Å². The van der Waals surface area contributed by atoms with Gasteiger partial charge in [0, 0.05) is 31.1 Å². The van der Waals surface area contributed by atoms with Gasteiger partial charge in [-0.15, -0.1) is 0 Å². The summed E-state index contributed by atoms with van der Waals surface area (Å²) in [5.74, 6) is 2.44. The Hall–Kier alpha value is -0.570. The molecule has 0 spiro atoms. The van der Waals surface area contributed by atoms with E-state index in [1.54, 1.807) is 0 Å². The van der Waals surface area contributed by atoms with E-state index in [9.17, 15) is 4.79 Å². The van der Waals surface area contributed by atoms with E-state index in [1.807, 2.05) is 0 Å². The van der Waals surface area contributed by atoms with Gasteiger partial charge in [-0.25, -0.2) is 0 Å². The lowest BCUT2D eigenvalue weighted by atomic mass is 9.78. The Labute approximate surface area is 123 Å². The zero-order valence-electron chi connectivity index (χ0n) is 13.1.